The minimum Gasteiger partial charge on any atom is -0.507 e. The summed E-state index contributed by atoms with van der Waals surface area (Å²) in [5, 5.41) is 10.6. The monoisotopic (exact) mass is 480 g/mol. The predicted molar refractivity (Wildman–Crippen MR) is 124 cm³/mol. The van der Waals surface area contributed by atoms with Crippen molar-refractivity contribution in [3.63, 3.8) is 0 Å². The second kappa shape index (κ2) is 9.68. The average molecular weight is 481 g/mol. The number of fused-ring (bicyclic) bond motifs is 1. The van der Waals surface area contributed by atoms with Crippen LogP contribution in [0.5, 0.6) is 17.2 Å². The van der Waals surface area contributed by atoms with Gasteiger partial charge in [-0.1, -0.05) is 41.9 Å². The lowest BCUT2D eigenvalue weighted by molar-refractivity contribution is -0.136. The van der Waals surface area contributed by atoms with Gasteiger partial charge in [-0.3, -0.25) is 4.79 Å². The Hall–Kier alpha value is -4.30. The van der Waals surface area contributed by atoms with Crippen LogP contribution in [0.15, 0.2) is 75.9 Å². The SMILES string of the molecule is COC(=O)c1cc(Cl)ccc1OC(=O)COc1cc(O)c2c(=O)cc(-c3ccccc3)oc2c1. The normalized spacial score (nSPS) is 10.6. The molecule has 1 heterocycles. The van der Waals surface area contributed by atoms with E-state index >= 15 is 0 Å². The standard InChI is InChI=1S/C25H17ClO8/c1-31-25(30)17-9-15(26)7-8-20(17)34-23(29)13-32-16-10-18(27)24-19(28)12-21(33-22(24)11-16)14-5-3-2-4-6-14/h2-12,27H,13H2,1H3. The molecule has 0 saturated heterocycles. The van der Waals surface area contributed by atoms with E-state index in [0.717, 1.165) is 0 Å². The van der Waals surface area contributed by atoms with Crippen molar-refractivity contribution in [1.82, 2.24) is 0 Å². The van der Waals surface area contributed by atoms with Gasteiger partial charge in [0.25, 0.3) is 0 Å². The van der Waals surface area contributed by atoms with Crippen molar-refractivity contribution in [1.29, 1.82) is 0 Å². The zero-order valence-corrected chi connectivity index (χ0v) is 18.5. The molecule has 1 aromatic heterocycles. The van der Waals surface area contributed by atoms with Gasteiger partial charge in [-0.2, -0.15) is 0 Å². The van der Waals surface area contributed by atoms with Crippen LogP contribution in [-0.4, -0.2) is 30.8 Å². The maximum absolute atomic E-state index is 12.5. The molecule has 0 saturated carbocycles. The summed E-state index contributed by atoms with van der Waals surface area (Å²) in [6.45, 7) is -0.559. The van der Waals surface area contributed by atoms with Gasteiger partial charge in [0, 0.05) is 28.8 Å². The van der Waals surface area contributed by atoms with Gasteiger partial charge < -0.3 is 23.7 Å². The Morgan fingerprint density at radius 1 is 1.03 bits per heavy atom. The number of hydrogen-bond acceptors (Lipinski definition) is 8. The summed E-state index contributed by atoms with van der Waals surface area (Å²) in [6.07, 6.45) is 0. The number of halogens is 1. The molecular formula is C25H17ClO8. The van der Waals surface area contributed by atoms with Crippen LogP contribution >= 0.6 is 11.6 Å². The Labute approximate surface area is 197 Å². The summed E-state index contributed by atoms with van der Waals surface area (Å²) in [5.41, 5.74) is 0.309. The molecule has 9 heteroatoms. The van der Waals surface area contributed by atoms with Gasteiger partial charge in [0.1, 0.15) is 39.5 Å². The molecular weight excluding hydrogens is 464 g/mol. The first-order valence-electron chi connectivity index (χ1n) is 9.93. The smallest absolute Gasteiger partial charge is 0.349 e. The molecule has 4 aromatic rings. The van der Waals surface area contributed by atoms with Crippen molar-refractivity contribution in [2.24, 2.45) is 0 Å². The summed E-state index contributed by atoms with van der Waals surface area (Å²) >= 11 is 5.89. The number of ether oxygens (including phenoxy) is 3. The van der Waals surface area contributed by atoms with E-state index in [0.29, 0.717) is 11.3 Å². The predicted octanol–water partition coefficient (Wildman–Crippen LogP) is 4.59. The van der Waals surface area contributed by atoms with Crippen molar-refractivity contribution < 1.29 is 33.3 Å². The molecule has 0 aliphatic rings. The number of carbonyl (C=O) groups excluding carboxylic acids is 2. The molecule has 0 bridgehead atoms. The molecule has 0 radical (unpaired) electrons. The summed E-state index contributed by atoms with van der Waals surface area (Å²) in [6, 6.07) is 17.0. The minimum atomic E-state index is -0.827. The van der Waals surface area contributed by atoms with E-state index in [-0.39, 0.29) is 38.8 Å². The Kier molecular flexibility index (Phi) is 6.51. The molecule has 0 spiro atoms. The van der Waals surface area contributed by atoms with Crippen molar-refractivity contribution >= 4 is 34.5 Å². The molecule has 1 N–H and O–H groups in total. The third-order valence-electron chi connectivity index (χ3n) is 4.77. The average Bonchev–Trinajstić information content (AvgIpc) is 2.83. The van der Waals surface area contributed by atoms with Gasteiger partial charge in [-0.05, 0) is 18.2 Å². The van der Waals surface area contributed by atoms with Crippen LogP contribution in [0.2, 0.25) is 5.02 Å². The second-order valence-corrected chi connectivity index (χ2v) is 7.49. The van der Waals surface area contributed by atoms with Crippen molar-refractivity contribution in [2.45, 2.75) is 0 Å². The van der Waals surface area contributed by atoms with E-state index in [1.165, 1.54) is 43.5 Å². The lowest BCUT2D eigenvalue weighted by atomic mass is 10.1. The maximum atomic E-state index is 12.5. The van der Waals surface area contributed by atoms with E-state index in [9.17, 15) is 19.5 Å². The maximum Gasteiger partial charge on any atom is 0.349 e. The molecule has 0 amide bonds. The van der Waals surface area contributed by atoms with E-state index in [2.05, 4.69) is 4.74 Å². The van der Waals surface area contributed by atoms with E-state index in [1.54, 1.807) is 24.3 Å². The number of phenols is 1. The molecule has 0 atom stereocenters. The highest BCUT2D eigenvalue weighted by atomic mass is 35.5. The van der Waals surface area contributed by atoms with Crippen LogP contribution < -0.4 is 14.9 Å². The van der Waals surface area contributed by atoms with Gasteiger partial charge in [0.15, 0.2) is 12.0 Å². The van der Waals surface area contributed by atoms with Crippen LogP contribution in [0.1, 0.15) is 10.4 Å². The number of rotatable bonds is 6. The number of hydrogen-bond donors (Lipinski definition) is 1. The Bertz CT molecular complexity index is 1440. The van der Waals surface area contributed by atoms with Crippen molar-refractivity contribution in [3.05, 3.63) is 87.5 Å². The quantitative estimate of drug-likeness (QED) is 0.315. The van der Waals surface area contributed by atoms with Crippen LogP contribution in [0.3, 0.4) is 0 Å². The molecule has 34 heavy (non-hydrogen) atoms. The highest BCUT2D eigenvalue weighted by Gasteiger charge is 2.18. The van der Waals surface area contributed by atoms with E-state index in [4.69, 9.17) is 25.5 Å². The van der Waals surface area contributed by atoms with Crippen LogP contribution in [0, 0.1) is 0 Å². The molecule has 3 aromatic carbocycles. The van der Waals surface area contributed by atoms with Gasteiger partial charge in [-0.25, -0.2) is 9.59 Å². The van der Waals surface area contributed by atoms with Crippen molar-refractivity contribution in [2.75, 3.05) is 13.7 Å². The van der Waals surface area contributed by atoms with Gasteiger partial charge in [0.05, 0.1) is 7.11 Å². The first kappa shape index (κ1) is 22.9. The summed E-state index contributed by atoms with van der Waals surface area (Å²) < 4.78 is 21.1. The molecule has 0 aliphatic heterocycles. The molecule has 4 rings (SSSR count). The Morgan fingerprint density at radius 2 is 1.79 bits per heavy atom. The summed E-state index contributed by atoms with van der Waals surface area (Å²) in [4.78, 5) is 36.7. The molecule has 0 unspecified atom stereocenters. The number of phenolic OH excluding ortho intramolecular Hbond substituents is 1. The number of methoxy groups -OCH3 is 1. The number of benzene rings is 3. The molecule has 0 aliphatic carbocycles. The van der Waals surface area contributed by atoms with Gasteiger partial charge in [0.2, 0.25) is 0 Å². The van der Waals surface area contributed by atoms with Crippen LogP contribution in [0.4, 0.5) is 0 Å². The number of esters is 2. The van der Waals surface area contributed by atoms with Crippen LogP contribution in [0.25, 0.3) is 22.3 Å². The fourth-order valence-corrected chi connectivity index (χ4v) is 3.40. The topological polar surface area (TPSA) is 112 Å². The summed E-state index contributed by atoms with van der Waals surface area (Å²) in [7, 11) is 1.19. The minimum absolute atomic E-state index is 0.0153. The molecule has 8 nitrogen and oxygen atoms in total. The highest BCUT2D eigenvalue weighted by molar-refractivity contribution is 6.31. The Morgan fingerprint density at radius 3 is 2.53 bits per heavy atom. The second-order valence-electron chi connectivity index (χ2n) is 7.05. The summed E-state index contributed by atoms with van der Waals surface area (Å²) in [5.74, 6) is -1.59. The number of carbonyl (C=O) groups is 2. The fraction of sp³-hybridized carbons (Fsp3) is 0.0800. The van der Waals surface area contributed by atoms with E-state index in [1.807, 2.05) is 6.07 Å². The largest absolute Gasteiger partial charge is 0.507 e. The lowest BCUT2D eigenvalue weighted by Gasteiger charge is -2.11. The Balaban J connectivity index is 1.55. The van der Waals surface area contributed by atoms with Gasteiger partial charge >= 0.3 is 11.9 Å². The molecule has 0 fully saturated rings. The molecule has 172 valence electrons. The van der Waals surface area contributed by atoms with Crippen LogP contribution in [-0.2, 0) is 9.53 Å². The third-order valence-corrected chi connectivity index (χ3v) is 5.00. The first-order chi connectivity index (χ1) is 16.4. The van der Waals surface area contributed by atoms with Gasteiger partial charge in [-0.15, -0.1) is 0 Å². The fourth-order valence-electron chi connectivity index (χ4n) is 3.23. The zero-order valence-electron chi connectivity index (χ0n) is 17.7. The van der Waals surface area contributed by atoms with E-state index < -0.39 is 24.0 Å². The number of aromatic hydroxyl groups is 1. The van der Waals surface area contributed by atoms with Crippen molar-refractivity contribution in [3.8, 4) is 28.6 Å². The lowest BCUT2D eigenvalue weighted by Crippen LogP contribution is -2.19. The first-order valence-corrected chi connectivity index (χ1v) is 10.3. The highest BCUT2D eigenvalue weighted by Crippen LogP contribution is 2.31. The third kappa shape index (κ3) is 4.87. The zero-order chi connectivity index (χ0) is 24.2.